The number of halogens is 1. The summed E-state index contributed by atoms with van der Waals surface area (Å²) >= 11 is 0. The zero-order valence-corrected chi connectivity index (χ0v) is 16.5. The Morgan fingerprint density at radius 1 is 1.46 bits per heavy atom. The van der Waals surface area contributed by atoms with E-state index in [1.54, 1.807) is 24.1 Å². The number of rotatable bonds is 5. The van der Waals surface area contributed by atoms with Crippen molar-refractivity contribution in [3.05, 3.63) is 48.3 Å². The maximum absolute atomic E-state index is 13.7. The fraction of sp³-hybridized carbons (Fsp3) is 0.571. The van der Waals surface area contributed by atoms with E-state index in [4.69, 9.17) is 4.74 Å². The van der Waals surface area contributed by atoms with Crippen LogP contribution in [-0.4, -0.2) is 47.2 Å². The summed E-state index contributed by atoms with van der Waals surface area (Å²) in [5, 5.41) is 0. The molecule has 0 radical (unpaired) electrons. The van der Waals surface area contributed by atoms with Crippen molar-refractivity contribution in [2.24, 2.45) is 0 Å². The van der Waals surface area contributed by atoms with Crippen LogP contribution >= 0.6 is 0 Å². The number of hydrogen-bond donors (Lipinski definition) is 0. The predicted octanol–water partition coefficient (Wildman–Crippen LogP) is 4.77. The minimum atomic E-state index is -0.522. The first-order chi connectivity index (χ1) is 12.1. The van der Waals surface area contributed by atoms with Gasteiger partial charge in [-0.25, -0.2) is 9.18 Å². The Balaban J connectivity index is 2.17. The average molecular weight is 362 g/mol. The molecule has 0 N–H and O–H groups in total. The van der Waals surface area contributed by atoms with Gasteiger partial charge in [0, 0.05) is 31.7 Å². The minimum absolute atomic E-state index is 0.0247. The Morgan fingerprint density at radius 3 is 2.73 bits per heavy atom. The van der Waals surface area contributed by atoms with Crippen LogP contribution in [0.4, 0.5) is 9.18 Å². The molecule has 1 aromatic rings. The molecule has 4 nitrogen and oxygen atoms in total. The van der Waals surface area contributed by atoms with Gasteiger partial charge in [0.25, 0.3) is 0 Å². The topological polar surface area (TPSA) is 32.8 Å². The third kappa shape index (κ3) is 4.85. The van der Waals surface area contributed by atoms with Gasteiger partial charge in [-0.15, -0.1) is 6.58 Å². The second-order valence-corrected chi connectivity index (χ2v) is 8.03. The summed E-state index contributed by atoms with van der Waals surface area (Å²) in [4.78, 5) is 16.4. The van der Waals surface area contributed by atoms with Crippen LogP contribution in [0.25, 0.3) is 0 Å². The van der Waals surface area contributed by atoms with E-state index in [1.807, 2.05) is 39.8 Å². The van der Waals surface area contributed by atoms with Crippen molar-refractivity contribution >= 4 is 6.09 Å². The number of amides is 1. The molecule has 0 spiro atoms. The molecule has 2 rings (SSSR count). The number of nitrogens with zero attached hydrogens (tertiary/aromatic N) is 2. The van der Waals surface area contributed by atoms with Crippen molar-refractivity contribution in [1.82, 2.24) is 9.80 Å². The normalized spacial score (nSPS) is 22.1. The molecule has 144 valence electrons. The Bertz CT molecular complexity index is 641. The summed E-state index contributed by atoms with van der Waals surface area (Å²) in [5.74, 6) is -0.219. The van der Waals surface area contributed by atoms with Crippen molar-refractivity contribution in [3.63, 3.8) is 0 Å². The van der Waals surface area contributed by atoms with E-state index < -0.39 is 5.60 Å². The van der Waals surface area contributed by atoms with E-state index >= 15 is 0 Å². The fourth-order valence-electron chi connectivity index (χ4n) is 3.65. The maximum atomic E-state index is 13.7. The van der Waals surface area contributed by atoms with Crippen LogP contribution in [0.2, 0.25) is 0 Å². The Kier molecular flexibility index (Phi) is 6.45. The van der Waals surface area contributed by atoms with Crippen LogP contribution < -0.4 is 0 Å². The van der Waals surface area contributed by atoms with E-state index in [0.29, 0.717) is 6.54 Å². The lowest BCUT2D eigenvalue weighted by Crippen LogP contribution is -2.49. The molecule has 0 aliphatic carbocycles. The number of carbonyl (C=O) groups excluding carboxylic acids is 1. The van der Waals surface area contributed by atoms with E-state index in [9.17, 15) is 9.18 Å². The number of likely N-dealkylation sites (tertiary alicyclic amines) is 1. The zero-order chi connectivity index (χ0) is 19.5. The molecular formula is C21H31FN2O2. The number of hydrogen-bond acceptors (Lipinski definition) is 3. The van der Waals surface area contributed by atoms with Gasteiger partial charge in [0.1, 0.15) is 11.4 Å². The van der Waals surface area contributed by atoms with Crippen LogP contribution in [0.1, 0.15) is 52.1 Å². The number of likely N-dealkylation sites (N-methyl/N-ethyl adjacent to an activating group) is 1. The van der Waals surface area contributed by atoms with Crippen LogP contribution in [0.5, 0.6) is 0 Å². The van der Waals surface area contributed by atoms with Crippen LogP contribution in [0, 0.1) is 5.82 Å². The quantitative estimate of drug-likeness (QED) is 0.707. The Morgan fingerprint density at radius 2 is 2.15 bits per heavy atom. The van der Waals surface area contributed by atoms with Gasteiger partial charge in [-0.2, -0.15) is 0 Å². The summed E-state index contributed by atoms with van der Waals surface area (Å²) in [6.07, 6.45) is 3.40. The molecule has 0 aromatic heterocycles. The highest BCUT2D eigenvalue weighted by Crippen LogP contribution is 2.38. The molecule has 1 heterocycles. The highest BCUT2D eigenvalue weighted by Gasteiger charge is 2.39. The van der Waals surface area contributed by atoms with Gasteiger partial charge in [0.2, 0.25) is 0 Å². The van der Waals surface area contributed by atoms with Gasteiger partial charge in [-0.3, -0.25) is 4.90 Å². The fourth-order valence-corrected chi connectivity index (χ4v) is 3.65. The summed E-state index contributed by atoms with van der Waals surface area (Å²) in [6, 6.07) is 7.05. The van der Waals surface area contributed by atoms with Crippen molar-refractivity contribution in [2.45, 2.75) is 64.3 Å². The third-order valence-corrected chi connectivity index (χ3v) is 4.98. The van der Waals surface area contributed by atoms with E-state index in [0.717, 1.165) is 18.4 Å². The third-order valence-electron chi connectivity index (χ3n) is 4.98. The summed E-state index contributed by atoms with van der Waals surface area (Å²) < 4.78 is 19.2. The molecule has 0 unspecified atom stereocenters. The average Bonchev–Trinajstić information content (AvgIpc) is 2.96. The highest BCUT2D eigenvalue weighted by molar-refractivity contribution is 5.68. The van der Waals surface area contributed by atoms with Gasteiger partial charge >= 0.3 is 6.09 Å². The van der Waals surface area contributed by atoms with Crippen LogP contribution in [0.15, 0.2) is 36.9 Å². The molecule has 0 bridgehead atoms. The second-order valence-electron chi connectivity index (χ2n) is 8.03. The lowest BCUT2D eigenvalue weighted by Gasteiger charge is -2.37. The lowest BCUT2D eigenvalue weighted by atomic mass is 10.0. The minimum Gasteiger partial charge on any atom is -0.444 e. The lowest BCUT2D eigenvalue weighted by molar-refractivity contribution is 0.0146. The first kappa shape index (κ1) is 20.4. The van der Waals surface area contributed by atoms with Crippen molar-refractivity contribution < 1.29 is 13.9 Å². The summed E-state index contributed by atoms with van der Waals surface area (Å²) in [6.45, 7) is 12.2. The first-order valence-electron chi connectivity index (χ1n) is 9.22. The molecule has 1 amide bonds. The van der Waals surface area contributed by atoms with Crippen molar-refractivity contribution in [2.75, 3.05) is 13.6 Å². The SMILES string of the molecule is C=CCN1[C@@H]([C@H](C)N(C)C(=O)OC(C)(C)C)CC[C@H]1c1cccc(F)c1. The van der Waals surface area contributed by atoms with Crippen LogP contribution in [-0.2, 0) is 4.74 Å². The molecule has 3 atom stereocenters. The highest BCUT2D eigenvalue weighted by atomic mass is 19.1. The molecule has 1 fully saturated rings. The zero-order valence-electron chi connectivity index (χ0n) is 16.5. The van der Waals surface area contributed by atoms with Gasteiger partial charge in [-0.1, -0.05) is 18.2 Å². The monoisotopic (exact) mass is 362 g/mol. The Hall–Kier alpha value is -1.88. The smallest absolute Gasteiger partial charge is 0.410 e. The maximum Gasteiger partial charge on any atom is 0.410 e. The molecule has 26 heavy (non-hydrogen) atoms. The molecule has 1 aliphatic rings. The number of carbonyl (C=O) groups is 1. The number of ether oxygens (including phenoxy) is 1. The first-order valence-corrected chi connectivity index (χ1v) is 9.22. The van der Waals surface area contributed by atoms with Gasteiger partial charge < -0.3 is 9.64 Å². The summed E-state index contributed by atoms with van der Waals surface area (Å²) in [5.41, 5.74) is 0.451. The van der Waals surface area contributed by atoms with Crippen LogP contribution in [0.3, 0.4) is 0 Å². The Labute approximate surface area is 156 Å². The van der Waals surface area contributed by atoms with Gasteiger partial charge in [0.15, 0.2) is 0 Å². The molecule has 0 saturated carbocycles. The molecule has 1 saturated heterocycles. The largest absolute Gasteiger partial charge is 0.444 e. The van der Waals surface area contributed by atoms with E-state index in [-0.39, 0.29) is 30.0 Å². The van der Waals surface area contributed by atoms with E-state index in [2.05, 4.69) is 11.5 Å². The molecule has 1 aliphatic heterocycles. The molecular weight excluding hydrogens is 331 g/mol. The van der Waals surface area contributed by atoms with E-state index in [1.165, 1.54) is 6.07 Å². The van der Waals surface area contributed by atoms with Crippen molar-refractivity contribution in [1.29, 1.82) is 0 Å². The summed E-state index contributed by atoms with van der Waals surface area (Å²) in [7, 11) is 1.78. The van der Waals surface area contributed by atoms with Gasteiger partial charge in [-0.05, 0) is 58.2 Å². The molecule has 1 aromatic carbocycles. The predicted molar refractivity (Wildman–Crippen MR) is 103 cm³/mol. The number of benzene rings is 1. The van der Waals surface area contributed by atoms with Gasteiger partial charge in [0.05, 0.1) is 0 Å². The van der Waals surface area contributed by atoms with Crippen molar-refractivity contribution in [3.8, 4) is 0 Å². The standard InChI is InChI=1S/C21H31FN2O2/c1-7-13-24-18(15(2)23(6)20(25)26-21(3,4)5)11-12-19(24)16-9-8-10-17(22)14-16/h7-10,14-15,18-19H,1,11-13H2,2-6H3/t15-,18+,19-/m0/s1. The molecule has 5 heteroatoms. The second kappa shape index (κ2) is 8.21.